The molecular weight excluding hydrogens is 396 g/mol. The van der Waals surface area contributed by atoms with Crippen molar-refractivity contribution in [1.29, 1.82) is 0 Å². The molecule has 7 heteroatoms. The molecule has 1 N–H and O–H groups in total. The maximum absolute atomic E-state index is 12.1. The average molecular weight is 424 g/mol. The Balaban J connectivity index is 1.48. The first-order valence-corrected chi connectivity index (χ1v) is 10.3. The van der Waals surface area contributed by atoms with Crippen LogP contribution in [0, 0.1) is 0 Å². The van der Waals surface area contributed by atoms with Gasteiger partial charge in [0.05, 0.1) is 14.2 Å². The van der Waals surface area contributed by atoms with E-state index >= 15 is 0 Å². The Hall–Kier alpha value is -3.48. The van der Waals surface area contributed by atoms with Crippen LogP contribution in [0.2, 0.25) is 0 Å². The smallest absolute Gasteiger partial charge is 0.331 e. The van der Waals surface area contributed by atoms with Crippen molar-refractivity contribution in [3.05, 3.63) is 54.1 Å². The molecule has 0 aromatic heterocycles. The van der Waals surface area contributed by atoms with Crippen molar-refractivity contribution in [2.45, 2.75) is 19.3 Å². The summed E-state index contributed by atoms with van der Waals surface area (Å²) in [4.78, 5) is 26.4. The molecule has 0 bridgehead atoms. The van der Waals surface area contributed by atoms with Gasteiger partial charge in [-0.2, -0.15) is 0 Å². The van der Waals surface area contributed by atoms with Crippen molar-refractivity contribution in [2.75, 3.05) is 44.1 Å². The number of methoxy groups -OCH3 is 2. The molecule has 1 fully saturated rings. The Kier molecular flexibility index (Phi) is 7.92. The Bertz CT molecular complexity index is 918. The van der Waals surface area contributed by atoms with E-state index in [-0.39, 0.29) is 6.61 Å². The summed E-state index contributed by atoms with van der Waals surface area (Å²) < 4.78 is 15.6. The first-order chi connectivity index (χ1) is 15.1. The van der Waals surface area contributed by atoms with Gasteiger partial charge in [0.2, 0.25) is 0 Å². The number of carbonyl (C=O) groups is 2. The minimum absolute atomic E-state index is 0.369. The van der Waals surface area contributed by atoms with Crippen molar-refractivity contribution < 1.29 is 23.8 Å². The highest BCUT2D eigenvalue weighted by atomic mass is 16.5. The Morgan fingerprint density at radius 1 is 1.00 bits per heavy atom. The number of hydrogen-bond donors (Lipinski definition) is 1. The summed E-state index contributed by atoms with van der Waals surface area (Å²) in [6.45, 7) is 1.76. The summed E-state index contributed by atoms with van der Waals surface area (Å²) in [5.74, 6) is 0.0513. The highest BCUT2D eigenvalue weighted by Gasteiger charge is 2.12. The van der Waals surface area contributed by atoms with E-state index in [2.05, 4.69) is 10.2 Å². The summed E-state index contributed by atoms with van der Waals surface area (Å²) in [5.41, 5.74) is 2.48. The number of ether oxygens (including phenoxy) is 3. The third-order valence-corrected chi connectivity index (χ3v) is 5.05. The lowest BCUT2D eigenvalue weighted by Gasteiger charge is -2.28. The first-order valence-electron chi connectivity index (χ1n) is 10.3. The van der Waals surface area contributed by atoms with Crippen molar-refractivity contribution in [2.24, 2.45) is 0 Å². The van der Waals surface area contributed by atoms with Crippen LogP contribution in [-0.4, -0.2) is 45.8 Å². The average Bonchev–Trinajstić information content (AvgIpc) is 2.82. The quantitative estimate of drug-likeness (QED) is 0.512. The molecule has 1 amide bonds. The lowest BCUT2D eigenvalue weighted by atomic mass is 10.1. The monoisotopic (exact) mass is 424 g/mol. The van der Waals surface area contributed by atoms with Gasteiger partial charge in [0.25, 0.3) is 5.91 Å². The first kappa shape index (κ1) is 22.2. The number of nitrogens with zero attached hydrogens (tertiary/aromatic N) is 1. The highest BCUT2D eigenvalue weighted by molar-refractivity contribution is 5.95. The Labute approximate surface area is 182 Å². The maximum atomic E-state index is 12.1. The number of para-hydroxylation sites is 1. The van der Waals surface area contributed by atoms with Crippen molar-refractivity contribution in [1.82, 2.24) is 0 Å². The summed E-state index contributed by atoms with van der Waals surface area (Å²) in [6, 6.07) is 13.0. The third kappa shape index (κ3) is 6.25. The SMILES string of the molecule is COc1cccc(/C=C/C(=O)OCC(=O)Nc2ccc(N3CCCCC3)cc2)c1OC. The predicted molar refractivity (Wildman–Crippen MR) is 121 cm³/mol. The van der Waals surface area contributed by atoms with Crippen LogP contribution in [0.3, 0.4) is 0 Å². The second kappa shape index (κ2) is 11.1. The van der Waals surface area contributed by atoms with Gasteiger partial charge >= 0.3 is 5.97 Å². The number of piperidine rings is 1. The largest absolute Gasteiger partial charge is 0.493 e. The van der Waals surface area contributed by atoms with Crippen LogP contribution in [0.4, 0.5) is 11.4 Å². The van der Waals surface area contributed by atoms with Crippen LogP contribution in [-0.2, 0) is 14.3 Å². The second-order valence-corrected chi connectivity index (χ2v) is 7.17. The van der Waals surface area contributed by atoms with Gasteiger partial charge in [-0.15, -0.1) is 0 Å². The summed E-state index contributed by atoms with van der Waals surface area (Å²) in [6.07, 6.45) is 6.51. The molecule has 164 valence electrons. The zero-order valence-corrected chi connectivity index (χ0v) is 17.9. The van der Waals surface area contributed by atoms with Crippen LogP contribution in [0.5, 0.6) is 11.5 Å². The minimum Gasteiger partial charge on any atom is -0.493 e. The second-order valence-electron chi connectivity index (χ2n) is 7.17. The van der Waals surface area contributed by atoms with E-state index in [1.807, 2.05) is 24.3 Å². The molecule has 0 unspecified atom stereocenters. The van der Waals surface area contributed by atoms with Gasteiger partial charge in [0, 0.05) is 36.1 Å². The molecule has 1 aliphatic rings. The van der Waals surface area contributed by atoms with Crippen molar-refractivity contribution >= 4 is 29.3 Å². The van der Waals surface area contributed by atoms with Gasteiger partial charge < -0.3 is 24.4 Å². The molecule has 1 saturated heterocycles. The van der Waals surface area contributed by atoms with Gasteiger partial charge in [-0.25, -0.2) is 4.79 Å². The Morgan fingerprint density at radius 2 is 1.74 bits per heavy atom. The fraction of sp³-hybridized carbons (Fsp3) is 0.333. The number of carbonyl (C=O) groups excluding carboxylic acids is 2. The lowest BCUT2D eigenvalue weighted by molar-refractivity contribution is -0.142. The summed E-state index contributed by atoms with van der Waals surface area (Å²) in [7, 11) is 3.07. The molecule has 0 atom stereocenters. The summed E-state index contributed by atoms with van der Waals surface area (Å²) in [5, 5.41) is 2.74. The molecule has 0 spiro atoms. The molecule has 3 rings (SSSR count). The maximum Gasteiger partial charge on any atom is 0.331 e. The van der Waals surface area contributed by atoms with E-state index in [1.165, 1.54) is 32.4 Å². The van der Waals surface area contributed by atoms with Crippen LogP contribution in [0.25, 0.3) is 6.08 Å². The molecule has 0 saturated carbocycles. The molecule has 2 aromatic carbocycles. The van der Waals surface area contributed by atoms with Crippen LogP contribution in [0.15, 0.2) is 48.5 Å². The normalized spacial score (nSPS) is 13.7. The zero-order valence-electron chi connectivity index (χ0n) is 17.9. The molecule has 1 aliphatic heterocycles. The van der Waals surface area contributed by atoms with E-state index in [0.717, 1.165) is 18.8 Å². The van der Waals surface area contributed by atoms with Gasteiger partial charge in [-0.1, -0.05) is 12.1 Å². The number of benzene rings is 2. The molecule has 0 aliphatic carbocycles. The molecule has 1 heterocycles. The number of nitrogens with one attached hydrogen (secondary N) is 1. The topological polar surface area (TPSA) is 77.1 Å². The van der Waals surface area contributed by atoms with E-state index in [1.54, 1.807) is 31.4 Å². The fourth-order valence-corrected chi connectivity index (χ4v) is 3.49. The highest BCUT2D eigenvalue weighted by Crippen LogP contribution is 2.31. The number of anilines is 2. The lowest BCUT2D eigenvalue weighted by Crippen LogP contribution is -2.29. The number of esters is 1. The third-order valence-electron chi connectivity index (χ3n) is 5.05. The molecule has 2 aromatic rings. The van der Waals surface area contributed by atoms with Crippen molar-refractivity contribution in [3.8, 4) is 11.5 Å². The van der Waals surface area contributed by atoms with Crippen LogP contribution < -0.4 is 19.7 Å². The minimum atomic E-state index is -0.625. The molecule has 0 radical (unpaired) electrons. The summed E-state index contributed by atoms with van der Waals surface area (Å²) >= 11 is 0. The molecule has 31 heavy (non-hydrogen) atoms. The van der Waals surface area contributed by atoms with E-state index in [9.17, 15) is 9.59 Å². The number of amides is 1. The molecular formula is C24H28N2O5. The fourth-order valence-electron chi connectivity index (χ4n) is 3.49. The number of rotatable bonds is 8. The zero-order chi connectivity index (χ0) is 22.1. The van der Waals surface area contributed by atoms with Gasteiger partial charge in [0.15, 0.2) is 18.1 Å². The Morgan fingerprint density at radius 3 is 2.42 bits per heavy atom. The predicted octanol–water partition coefficient (Wildman–Crippen LogP) is 3.89. The van der Waals surface area contributed by atoms with E-state index in [0.29, 0.717) is 22.7 Å². The molecule has 7 nitrogen and oxygen atoms in total. The van der Waals surface area contributed by atoms with Gasteiger partial charge in [0.1, 0.15) is 0 Å². The van der Waals surface area contributed by atoms with Crippen LogP contribution in [0.1, 0.15) is 24.8 Å². The van der Waals surface area contributed by atoms with Crippen LogP contribution >= 0.6 is 0 Å². The number of hydrogen-bond acceptors (Lipinski definition) is 6. The van der Waals surface area contributed by atoms with Gasteiger partial charge in [-0.3, -0.25) is 4.79 Å². The van der Waals surface area contributed by atoms with Crippen molar-refractivity contribution in [3.63, 3.8) is 0 Å². The van der Waals surface area contributed by atoms with Gasteiger partial charge in [-0.05, 0) is 55.7 Å². The van der Waals surface area contributed by atoms with E-state index < -0.39 is 11.9 Å². The standard InChI is InChI=1S/C24H28N2O5/c1-29-21-8-6-7-18(24(21)30-2)9-14-23(28)31-17-22(27)25-19-10-12-20(13-11-19)26-15-4-3-5-16-26/h6-14H,3-5,15-17H2,1-2H3,(H,25,27)/b14-9+. The van der Waals surface area contributed by atoms with E-state index in [4.69, 9.17) is 14.2 Å².